The molecule has 2 aromatic rings. The van der Waals surface area contributed by atoms with Crippen molar-refractivity contribution in [3.8, 4) is 12.3 Å². The van der Waals surface area contributed by atoms with Crippen LogP contribution in [0.5, 0.6) is 0 Å². The van der Waals surface area contributed by atoms with Crippen LogP contribution < -0.4 is 10.6 Å². The Bertz CT molecular complexity index is 1330. The van der Waals surface area contributed by atoms with Gasteiger partial charge in [-0.3, -0.25) is 19.6 Å². The van der Waals surface area contributed by atoms with Gasteiger partial charge in [0.05, 0.1) is 12.6 Å². The number of terminal acetylenes is 1. The van der Waals surface area contributed by atoms with Crippen molar-refractivity contribution in [2.45, 2.75) is 57.9 Å². The van der Waals surface area contributed by atoms with Gasteiger partial charge in [-0.1, -0.05) is 26.7 Å². The summed E-state index contributed by atoms with van der Waals surface area (Å²) in [6, 6.07) is 0.912. The van der Waals surface area contributed by atoms with E-state index in [1.54, 1.807) is 24.7 Å². The monoisotopic (exact) mass is 535 g/mol. The highest BCUT2D eigenvalue weighted by molar-refractivity contribution is 5.93. The van der Waals surface area contributed by atoms with E-state index < -0.39 is 47.6 Å². The Morgan fingerprint density at radius 1 is 1.21 bits per heavy atom. The van der Waals surface area contributed by atoms with Crippen molar-refractivity contribution in [3.63, 3.8) is 0 Å². The molecule has 1 saturated heterocycles. The third kappa shape index (κ3) is 4.68. The van der Waals surface area contributed by atoms with Crippen LogP contribution in [0.15, 0.2) is 30.7 Å². The molecule has 2 N–H and O–H groups in total. The second kappa shape index (κ2) is 10.1. The fraction of sp³-hybridized carbons (Fsp3) is 0.552. The molecule has 5 rings (SSSR count). The molecule has 2 aromatic heterocycles. The number of pyridine rings is 2. The zero-order chi connectivity index (χ0) is 28.1. The Morgan fingerprint density at radius 2 is 1.97 bits per heavy atom. The molecule has 2 aliphatic carbocycles. The summed E-state index contributed by atoms with van der Waals surface area (Å²) in [7, 11) is 1.23. The van der Waals surface area contributed by atoms with Crippen LogP contribution in [0.25, 0.3) is 10.9 Å². The van der Waals surface area contributed by atoms with Crippen molar-refractivity contribution >= 4 is 28.8 Å². The second-order valence-electron chi connectivity index (χ2n) is 11.9. The molecule has 1 aliphatic heterocycles. The summed E-state index contributed by atoms with van der Waals surface area (Å²) in [5.74, 6) is 1.26. The maximum atomic E-state index is 15.0. The normalized spacial score (nSPS) is 28.9. The number of nitrogens with zero attached hydrogens (tertiary/aromatic N) is 3. The first-order valence-corrected chi connectivity index (χ1v) is 13.3. The number of rotatable bonds is 5. The molecule has 9 nitrogen and oxygen atoms in total. The first kappa shape index (κ1) is 26.9. The summed E-state index contributed by atoms with van der Waals surface area (Å²) in [6.07, 6.45) is 10.2. The van der Waals surface area contributed by atoms with E-state index in [1.165, 1.54) is 12.0 Å². The fourth-order valence-corrected chi connectivity index (χ4v) is 6.93. The summed E-state index contributed by atoms with van der Waals surface area (Å²) in [5.41, 5.74) is 0.507. The first-order chi connectivity index (χ1) is 18.5. The number of alkyl carbamates (subject to hydrolysis) is 1. The number of hydrogen-bond acceptors (Lipinski definition) is 6. The van der Waals surface area contributed by atoms with Gasteiger partial charge in [-0.15, -0.1) is 6.42 Å². The van der Waals surface area contributed by atoms with E-state index in [0.29, 0.717) is 30.5 Å². The van der Waals surface area contributed by atoms with Crippen LogP contribution in [-0.4, -0.2) is 64.7 Å². The van der Waals surface area contributed by atoms with Gasteiger partial charge in [-0.25, -0.2) is 9.18 Å². The Hall–Kier alpha value is -3.74. The predicted molar refractivity (Wildman–Crippen MR) is 142 cm³/mol. The summed E-state index contributed by atoms with van der Waals surface area (Å²) in [5, 5.41) is 6.36. The summed E-state index contributed by atoms with van der Waals surface area (Å²) in [6.45, 7) is 5.80. The Morgan fingerprint density at radius 3 is 2.67 bits per heavy atom. The van der Waals surface area contributed by atoms with Crippen LogP contribution in [0, 0.1) is 41.4 Å². The third-order valence-corrected chi connectivity index (χ3v) is 8.69. The number of amides is 3. The SMILES string of the molecule is C#CC(NC(=O)C1C2C3CC(CC3F)C2CN1C(=O)C(NC(=O)OC)C(C)(C)C)c1cncc2cccnc12. The molecule has 0 radical (unpaired) electrons. The molecule has 39 heavy (non-hydrogen) atoms. The molecule has 0 spiro atoms. The lowest BCUT2D eigenvalue weighted by Crippen LogP contribution is -2.59. The largest absolute Gasteiger partial charge is 0.453 e. The van der Waals surface area contributed by atoms with Crippen LogP contribution >= 0.6 is 0 Å². The number of likely N-dealkylation sites (tertiary alicyclic amines) is 1. The highest BCUT2D eigenvalue weighted by Gasteiger charge is 2.63. The van der Waals surface area contributed by atoms with E-state index in [2.05, 4.69) is 26.5 Å². The molecule has 8 unspecified atom stereocenters. The smallest absolute Gasteiger partial charge is 0.407 e. The number of ether oxygens (including phenoxy) is 1. The molecule has 8 atom stereocenters. The zero-order valence-corrected chi connectivity index (χ0v) is 22.6. The number of alkyl halides is 1. The Balaban J connectivity index is 1.48. The van der Waals surface area contributed by atoms with E-state index in [0.717, 1.165) is 5.39 Å². The first-order valence-electron chi connectivity index (χ1n) is 13.3. The lowest BCUT2D eigenvalue weighted by atomic mass is 9.77. The fourth-order valence-electron chi connectivity index (χ4n) is 6.93. The standard InChI is InChI=1S/C29H34FN5O4/c1-6-21(18-13-31-12-15-8-7-9-32-23(15)18)33-26(36)24-22-17-10-16(11-20(17)30)19(22)14-35(24)27(37)25(29(2,3)4)34-28(38)39-5/h1,7-9,12-13,16-17,19-22,24-25H,10-11,14H2,2-5H3,(H,33,36)(H,34,38). The minimum Gasteiger partial charge on any atom is -0.453 e. The maximum absolute atomic E-state index is 15.0. The molecule has 3 aliphatic rings. The molecule has 0 aromatic carbocycles. The van der Waals surface area contributed by atoms with Crippen molar-refractivity contribution in [2.75, 3.05) is 13.7 Å². The molecule has 10 heteroatoms. The number of aromatic nitrogens is 2. The zero-order valence-electron chi connectivity index (χ0n) is 22.6. The van der Waals surface area contributed by atoms with Crippen molar-refractivity contribution in [3.05, 3.63) is 36.3 Å². The molecule has 3 amide bonds. The van der Waals surface area contributed by atoms with Gasteiger partial charge in [0.25, 0.3) is 0 Å². The quantitative estimate of drug-likeness (QED) is 0.569. The van der Waals surface area contributed by atoms with Crippen molar-refractivity contribution < 1.29 is 23.5 Å². The van der Waals surface area contributed by atoms with Crippen LogP contribution in [0.1, 0.15) is 45.2 Å². The Kier molecular flexibility index (Phi) is 6.95. The van der Waals surface area contributed by atoms with Gasteiger partial charge in [-0.05, 0) is 54.1 Å². The van der Waals surface area contributed by atoms with E-state index >= 15 is 0 Å². The Labute approximate surface area is 227 Å². The molecule has 2 bridgehead atoms. The molecule has 3 heterocycles. The number of methoxy groups -OCH3 is 1. The van der Waals surface area contributed by atoms with Crippen molar-refractivity contribution in [1.29, 1.82) is 0 Å². The second-order valence-corrected chi connectivity index (χ2v) is 11.9. The maximum Gasteiger partial charge on any atom is 0.407 e. The topological polar surface area (TPSA) is 114 Å². The number of carbonyl (C=O) groups is 3. The average Bonchev–Trinajstić information content (AvgIpc) is 3.59. The van der Waals surface area contributed by atoms with Gasteiger partial charge in [0.2, 0.25) is 11.8 Å². The minimum atomic E-state index is -1.01. The molecule has 3 fully saturated rings. The molecular formula is C29H34FN5O4. The number of halogens is 1. The summed E-state index contributed by atoms with van der Waals surface area (Å²) in [4.78, 5) is 50.4. The van der Waals surface area contributed by atoms with Crippen molar-refractivity contribution in [1.82, 2.24) is 25.5 Å². The number of fused-ring (bicyclic) bond motifs is 6. The minimum absolute atomic E-state index is 0.00520. The van der Waals surface area contributed by atoms with Crippen molar-refractivity contribution in [2.24, 2.45) is 29.1 Å². The average molecular weight is 536 g/mol. The lowest BCUT2D eigenvalue weighted by molar-refractivity contribution is -0.143. The van der Waals surface area contributed by atoms with Crippen LogP contribution in [0.3, 0.4) is 0 Å². The molecule has 2 saturated carbocycles. The van der Waals surface area contributed by atoms with Gasteiger partial charge in [0.15, 0.2) is 0 Å². The van der Waals surface area contributed by atoms with E-state index in [4.69, 9.17) is 11.2 Å². The lowest BCUT2D eigenvalue weighted by Gasteiger charge is -2.37. The number of carbonyl (C=O) groups excluding carboxylic acids is 3. The van der Waals surface area contributed by atoms with Crippen LogP contribution in [0.2, 0.25) is 0 Å². The predicted octanol–water partition coefficient (Wildman–Crippen LogP) is 3.01. The summed E-state index contributed by atoms with van der Waals surface area (Å²) < 4.78 is 19.8. The van der Waals surface area contributed by atoms with Gasteiger partial charge in [0.1, 0.15) is 24.3 Å². The summed E-state index contributed by atoms with van der Waals surface area (Å²) >= 11 is 0. The van der Waals surface area contributed by atoms with Gasteiger partial charge < -0.3 is 20.3 Å². The highest BCUT2D eigenvalue weighted by Crippen LogP contribution is 2.58. The van der Waals surface area contributed by atoms with Crippen LogP contribution in [0.4, 0.5) is 9.18 Å². The number of nitrogens with one attached hydrogen (secondary N) is 2. The van der Waals surface area contributed by atoms with E-state index in [9.17, 15) is 18.8 Å². The van der Waals surface area contributed by atoms with E-state index in [-0.39, 0.29) is 23.7 Å². The van der Waals surface area contributed by atoms with Gasteiger partial charge in [-0.2, -0.15) is 0 Å². The molecular weight excluding hydrogens is 501 g/mol. The third-order valence-electron chi connectivity index (χ3n) is 8.69. The number of hydrogen-bond donors (Lipinski definition) is 2. The van der Waals surface area contributed by atoms with Gasteiger partial charge >= 0.3 is 6.09 Å². The van der Waals surface area contributed by atoms with Crippen LogP contribution in [-0.2, 0) is 14.3 Å². The van der Waals surface area contributed by atoms with Gasteiger partial charge in [0, 0.05) is 36.1 Å². The highest BCUT2D eigenvalue weighted by atomic mass is 19.1. The van der Waals surface area contributed by atoms with E-state index in [1.807, 2.05) is 26.8 Å². The molecule has 206 valence electrons.